The van der Waals surface area contributed by atoms with Gasteiger partial charge in [0.15, 0.2) is 11.3 Å². The van der Waals surface area contributed by atoms with E-state index in [0.29, 0.717) is 16.9 Å². The van der Waals surface area contributed by atoms with Gasteiger partial charge in [-0.05, 0) is 6.92 Å². The van der Waals surface area contributed by atoms with Crippen LogP contribution in [0.5, 0.6) is 0 Å². The van der Waals surface area contributed by atoms with E-state index in [1.807, 2.05) is 17.6 Å². The number of aromatic amines is 1. The fourth-order valence-corrected chi connectivity index (χ4v) is 2.59. The van der Waals surface area contributed by atoms with Gasteiger partial charge in [0.1, 0.15) is 12.2 Å². The van der Waals surface area contributed by atoms with Crippen molar-refractivity contribution in [3.8, 4) is 0 Å². The molecule has 0 aromatic carbocycles. The number of allylic oxidation sites excluding steroid dienone is 1. The zero-order chi connectivity index (χ0) is 14.3. The molecule has 3 atom stereocenters. The molecular formula is C13H17N4O3+. The molecule has 2 aromatic rings. The second-order valence-electron chi connectivity index (χ2n) is 4.71. The van der Waals surface area contributed by atoms with Gasteiger partial charge in [-0.3, -0.25) is 0 Å². The smallest absolute Gasteiger partial charge is 0.245 e. The van der Waals surface area contributed by atoms with Gasteiger partial charge < -0.3 is 20.7 Å². The first-order chi connectivity index (χ1) is 9.67. The topological polar surface area (TPSA) is 108 Å². The van der Waals surface area contributed by atoms with Crippen LogP contribution in [0.1, 0.15) is 13.2 Å². The average Bonchev–Trinajstić information content (AvgIpc) is 3.00. The molecule has 2 aromatic heterocycles. The highest BCUT2D eigenvalue weighted by Gasteiger charge is 2.42. The Balaban J connectivity index is 2.09. The third-order valence-corrected chi connectivity index (χ3v) is 3.63. The number of hydrogen-bond donors (Lipinski definition) is 4. The molecule has 1 fully saturated rings. The van der Waals surface area contributed by atoms with Crippen molar-refractivity contribution in [1.82, 2.24) is 9.97 Å². The predicted octanol–water partition coefficient (Wildman–Crippen LogP) is -0.371. The lowest BCUT2D eigenvalue weighted by Crippen LogP contribution is -2.39. The van der Waals surface area contributed by atoms with Crippen molar-refractivity contribution < 1.29 is 19.5 Å². The van der Waals surface area contributed by atoms with Crippen LogP contribution in [0.15, 0.2) is 30.2 Å². The highest BCUT2D eigenvalue weighted by atomic mass is 16.5. The SMILES string of the molecule is CC=C1C(O)C(CO)OC1[n+]1c[nH]c2c(N)nccc21. The van der Waals surface area contributed by atoms with Gasteiger partial charge in [-0.25, -0.2) is 9.97 Å². The number of aliphatic hydroxyl groups is 2. The summed E-state index contributed by atoms with van der Waals surface area (Å²) in [5.41, 5.74) is 8.07. The van der Waals surface area contributed by atoms with Crippen molar-refractivity contribution in [2.24, 2.45) is 0 Å². The fraction of sp³-hybridized carbons (Fsp3) is 0.385. The first kappa shape index (κ1) is 13.0. The van der Waals surface area contributed by atoms with E-state index < -0.39 is 18.4 Å². The number of nitrogens with zero attached hydrogens (tertiary/aromatic N) is 2. The zero-order valence-corrected chi connectivity index (χ0v) is 11.0. The molecular weight excluding hydrogens is 260 g/mol. The number of anilines is 1. The van der Waals surface area contributed by atoms with Crippen molar-refractivity contribution in [1.29, 1.82) is 0 Å². The lowest BCUT2D eigenvalue weighted by molar-refractivity contribution is -0.727. The maximum atomic E-state index is 10.1. The van der Waals surface area contributed by atoms with E-state index in [2.05, 4.69) is 9.97 Å². The Hall–Kier alpha value is -1.96. The Morgan fingerprint density at radius 1 is 1.60 bits per heavy atom. The number of aliphatic hydroxyl groups excluding tert-OH is 2. The molecule has 0 spiro atoms. The summed E-state index contributed by atoms with van der Waals surface area (Å²) in [6.45, 7) is 1.60. The van der Waals surface area contributed by atoms with Crippen LogP contribution >= 0.6 is 0 Å². The maximum absolute atomic E-state index is 10.1. The van der Waals surface area contributed by atoms with E-state index in [9.17, 15) is 10.2 Å². The molecule has 1 aliphatic heterocycles. The van der Waals surface area contributed by atoms with Crippen molar-refractivity contribution in [3.05, 3.63) is 30.2 Å². The number of nitrogens with one attached hydrogen (secondary N) is 1. The molecule has 0 saturated carbocycles. The van der Waals surface area contributed by atoms with Crippen LogP contribution in [0.25, 0.3) is 11.0 Å². The summed E-state index contributed by atoms with van der Waals surface area (Å²) in [6, 6.07) is 1.82. The molecule has 7 nitrogen and oxygen atoms in total. The number of imidazole rings is 1. The van der Waals surface area contributed by atoms with Crippen LogP contribution < -0.4 is 10.3 Å². The molecule has 0 aliphatic carbocycles. The van der Waals surface area contributed by atoms with E-state index >= 15 is 0 Å². The predicted molar refractivity (Wildman–Crippen MR) is 71.5 cm³/mol. The summed E-state index contributed by atoms with van der Waals surface area (Å²) >= 11 is 0. The molecule has 5 N–H and O–H groups in total. The molecule has 20 heavy (non-hydrogen) atoms. The molecule has 1 saturated heterocycles. The molecule has 0 amide bonds. The van der Waals surface area contributed by atoms with Gasteiger partial charge in [-0.1, -0.05) is 6.08 Å². The monoisotopic (exact) mass is 277 g/mol. The Labute approximate surface area is 115 Å². The number of fused-ring (bicyclic) bond motifs is 1. The Bertz CT molecular complexity index is 667. The zero-order valence-electron chi connectivity index (χ0n) is 11.0. The van der Waals surface area contributed by atoms with Gasteiger partial charge in [0.2, 0.25) is 18.1 Å². The normalized spacial score (nSPS) is 28.6. The van der Waals surface area contributed by atoms with Crippen molar-refractivity contribution >= 4 is 16.9 Å². The van der Waals surface area contributed by atoms with Crippen LogP contribution in [0, 0.1) is 0 Å². The molecule has 3 heterocycles. The quantitative estimate of drug-likeness (QED) is 0.442. The number of rotatable bonds is 2. The highest BCUT2D eigenvalue weighted by Crippen LogP contribution is 2.31. The largest absolute Gasteiger partial charge is 0.394 e. The first-order valence-electron chi connectivity index (χ1n) is 6.40. The van der Waals surface area contributed by atoms with Crippen LogP contribution in [0.4, 0.5) is 5.82 Å². The van der Waals surface area contributed by atoms with Crippen LogP contribution in [0.3, 0.4) is 0 Å². The Kier molecular flexibility index (Phi) is 3.17. The van der Waals surface area contributed by atoms with Crippen LogP contribution in [0.2, 0.25) is 0 Å². The summed E-state index contributed by atoms with van der Waals surface area (Å²) in [5, 5.41) is 19.4. The summed E-state index contributed by atoms with van der Waals surface area (Å²) in [4.78, 5) is 7.07. The summed E-state index contributed by atoms with van der Waals surface area (Å²) in [5.74, 6) is 0.403. The number of aromatic nitrogens is 3. The minimum absolute atomic E-state index is 0.235. The Morgan fingerprint density at radius 3 is 3.10 bits per heavy atom. The molecule has 3 rings (SSSR count). The lowest BCUT2D eigenvalue weighted by atomic mass is 10.1. The van der Waals surface area contributed by atoms with Gasteiger partial charge >= 0.3 is 0 Å². The molecule has 0 bridgehead atoms. The number of hydrogen-bond acceptors (Lipinski definition) is 5. The van der Waals surface area contributed by atoms with E-state index in [1.54, 1.807) is 18.6 Å². The van der Waals surface area contributed by atoms with Crippen molar-refractivity contribution in [2.75, 3.05) is 12.3 Å². The summed E-state index contributed by atoms with van der Waals surface area (Å²) in [6.07, 6.45) is 3.24. The maximum Gasteiger partial charge on any atom is 0.245 e. The Morgan fingerprint density at radius 2 is 2.40 bits per heavy atom. The molecule has 106 valence electrons. The molecule has 7 heteroatoms. The first-order valence-corrected chi connectivity index (χ1v) is 6.40. The van der Waals surface area contributed by atoms with Crippen molar-refractivity contribution in [2.45, 2.75) is 25.4 Å². The number of pyridine rings is 1. The van der Waals surface area contributed by atoms with Gasteiger partial charge in [0.05, 0.1) is 6.61 Å². The molecule has 1 aliphatic rings. The number of nitrogen functional groups attached to an aromatic ring is 1. The van der Waals surface area contributed by atoms with Crippen molar-refractivity contribution in [3.63, 3.8) is 0 Å². The van der Waals surface area contributed by atoms with Crippen LogP contribution in [-0.4, -0.2) is 39.0 Å². The molecule has 3 unspecified atom stereocenters. The second-order valence-corrected chi connectivity index (χ2v) is 4.71. The van der Waals surface area contributed by atoms with Gasteiger partial charge in [0.25, 0.3) is 0 Å². The van der Waals surface area contributed by atoms with E-state index in [4.69, 9.17) is 10.5 Å². The average molecular weight is 277 g/mol. The third-order valence-electron chi connectivity index (χ3n) is 3.63. The second kappa shape index (κ2) is 4.86. The van der Waals surface area contributed by atoms with E-state index in [-0.39, 0.29) is 6.61 Å². The minimum atomic E-state index is -0.813. The number of H-pyrrole nitrogens is 1. The number of ether oxygens (including phenoxy) is 1. The third kappa shape index (κ3) is 1.79. The summed E-state index contributed by atoms with van der Waals surface area (Å²) < 4.78 is 7.57. The fourth-order valence-electron chi connectivity index (χ4n) is 2.59. The lowest BCUT2D eigenvalue weighted by Gasteiger charge is -2.09. The van der Waals surface area contributed by atoms with Gasteiger partial charge in [0, 0.05) is 17.8 Å². The van der Waals surface area contributed by atoms with Gasteiger partial charge in [-0.15, -0.1) is 0 Å². The van der Waals surface area contributed by atoms with Gasteiger partial charge in [-0.2, -0.15) is 4.57 Å². The molecule has 0 radical (unpaired) electrons. The standard InChI is InChI=1S/C13H16N4O3/c1-2-7-11(19)9(5-18)20-13(7)17-6-16-10-8(17)3-4-15-12(10)14/h2-4,6,9,11,13,18-19H,5H2,1H3,(H2,14,15)/p+1. The van der Waals surface area contributed by atoms with E-state index in [1.165, 1.54) is 0 Å². The number of nitrogens with two attached hydrogens (primary N) is 1. The van der Waals surface area contributed by atoms with E-state index in [0.717, 1.165) is 5.52 Å². The summed E-state index contributed by atoms with van der Waals surface area (Å²) in [7, 11) is 0. The minimum Gasteiger partial charge on any atom is -0.394 e. The highest BCUT2D eigenvalue weighted by molar-refractivity contribution is 5.81. The van der Waals surface area contributed by atoms with Crippen LogP contribution in [-0.2, 0) is 4.74 Å².